The van der Waals surface area contributed by atoms with Gasteiger partial charge in [-0.3, -0.25) is 4.79 Å². The van der Waals surface area contributed by atoms with E-state index in [0.29, 0.717) is 17.7 Å². The van der Waals surface area contributed by atoms with Crippen LogP contribution in [0.5, 0.6) is 5.75 Å². The highest BCUT2D eigenvalue weighted by molar-refractivity contribution is 6.00. The van der Waals surface area contributed by atoms with Crippen LogP contribution in [0.2, 0.25) is 0 Å². The van der Waals surface area contributed by atoms with E-state index in [1.807, 2.05) is 0 Å². The minimum atomic E-state index is -1.28. The van der Waals surface area contributed by atoms with Gasteiger partial charge in [0.25, 0.3) is 5.91 Å². The van der Waals surface area contributed by atoms with Crippen molar-refractivity contribution >= 4 is 11.6 Å². The summed E-state index contributed by atoms with van der Waals surface area (Å²) < 4.78 is 45.9. The number of anilines is 1. The maximum absolute atomic E-state index is 13.8. The Morgan fingerprint density at radius 1 is 1.08 bits per heavy atom. The molecule has 2 aromatic carbocycles. The molecule has 24 heavy (non-hydrogen) atoms. The second-order valence-corrected chi connectivity index (χ2v) is 6.16. The van der Waals surface area contributed by atoms with Gasteiger partial charge < -0.3 is 9.64 Å². The summed E-state index contributed by atoms with van der Waals surface area (Å²) in [5, 5.41) is 0. The molecule has 1 aliphatic heterocycles. The van der Waals surface area contributed by atoms with Crippen LogP contribution >= 0.6 is 0 Å². The smallest absolute Gasteiger partial charge is 0.270 e. The number of carbonyl (C=O) groups is 1. The molecule has 0 unspecified atom stereocenters. The van der Waals surface area contributed by atoms with E-state index >= 15 is 0 Å². The Morgan fingerprint density at radius 2 is 1.75 bits per heavy atom. The molecule has 0 spiro atoms. The second-order valence-electron chi connectivity index (χ2n) is 6.16. The molecule has 0 fully saturated rings. The number of hydrogen-bond acceptors (Lipinski definition) is 2. The number of fused-ring (bicyclic) bond motifs is 1. The quantitative estimate of drug-likeness (QED) is 0.853. The highest BCUT2D eigenvalue weighted by atomic mass is 19.1. The van der Waals surface area contributed by atoms with Crippen molar-refractivity contribution < 1.29 is 22.7 Å². The zero-order valence-corrected chi connectivity index (χ0v) is 13.3. The van der Waals surface area contributed by atoms with Crippen LogP contribution in [-0.4, -0.2) is 18.1 Å². The van der Waals surface area contributed by atoms with Crippen LogP contribution in [0.25, 0.3) is 0 Å². The van der Waals surface area contributed by atoms with Gasteiger partial charge in [0.2, 0.25) is 0 Å². The normalized spacial score (nSPS) is 13.8. The molecule has 0 aromatic heterocycles. The average molecular weight is 335 g/mol. The molecular weight excluding hydrogens is 319 g/mol. The van der Waals surface area contributed by atoms with Gasteiger partial charge in [-0.15, -0.1) is 0 Å². The highest BCUT2D eigenvalue weighted by Crippen LogP contribution is 2.33. The van der Waals surface area contributed by atoms with E-state index in [0.717, 1.165) is 12.1 Å². The van der Waals surface area contributed by atoms with Crippen LogP contribution in [0.1, 0.15) is 19.4 Å². The third kappa shape index (κ3) is 2.96. The predicted molar refractivity (Wildman–Crippen MR) is 83.5 cm³/mol. The van der Waals surface area contributed by atoms with Gasteiger partial charge in [0.1, 0.15) is 23.2 Å². The van der Waals surface area contributed by atoms with Crippen molar-refractivity contribution in [3.05, 3.63) is 59.4 Å². The van der Waals surface area contributed by atoms with E-state index in [9.17, 15) is 18.0 Å². The van der Waals surface area contributed by atoms with E-state index < -0.39 is 29.0 Å². The fraction of sp³-hybridized carbons (Fsp3) is 0.278. The zero-order chi connectivity index (χ0) is 17.5. The van der Waals surface area contributed by atoms with Crippen LogP contribution in [0, 0.1) is 17.5 Å². The molecule has 3 nitrogen and oxygen atoms in total. The maximum Gasteiger partial charge on any atom is 0.270 e. The minimum Gasteiger partial charge on any atom is -0.478 e. The Balaban J connectivity index is 1.86. The van der Waals surface area contributed by atoms with Crippen molar-refractivity contribution in [3.63, 3.8) is 0 Å². The van der Waals surface area contributed by atoms with Gasteiger partial charge in [-0.2, -0.15) is 0 Å². The lowest BCUT2D eigenvalue weighted by molar-refractivity contribution is -0.131. The second kappa shape index (κ2) is 5.85. The predicted octanol–water partition coefficient (Wildman–Crippen LogP) is 3.85. The molecule has 2 aromatic rings. The molecular formula is C18H16F3NO2. The molecule has 1 amide bonds. The topological polar surface area (TPSA) is 29.5 Å². The van der Waals surface area contributed by atoms with Crippen molar-refractivity contribution in [2.24, 2.45) is 0 Å². The van der Waals surface area contributed by atoms with Crippen molar-refractivity contribution in [2.75, 3.05) is 11.4 Å². The molecule has 1 heterocycles. The molecule has 0 saturated carbocycles. The zero-order valence-electron chi connectivity index (χ0n) is 13.3. The Labute approximate surface area is 137 Å². The Bertz CT molecular complexity index is 788. The average Bonchev–Trinajstić information content (AvgIpc) is 2.92. The summed E-state index contributed by atoms with van der Waals surface area (Å²) in [6.07, 6.45) is 0.319. The van der Waals surface area contributed by atoms with Crippen LogP contribution in [-0.2, 0) is 11.2 Å². The van der Waals surface area contributed by atoms with Crippen LogP contribution in [0.3, 0.4) is 0 Å². The first-order valence-corrected chi connectivity index (χ1v) is 7.52. The fourth-order valence-corrected chi connectivity index (χ4v) is 2.80. The lowest BCUT2D eigenvalue weighted by Gasteiger charge is -2.30. The van der Waals surface area contributed by atoms with Gasteiger partial charge in [0.05, 0.1) is 5.69 Å². The number of hydrogen-bond donors (Lipinski definition) is 0. The SMILES string of the molecule is CC(C)(Oc1ccc(F)cc1)C(=O)N1CCc2c(F)cc(F)cc21. The van der Waals surface area contributed by atoms with Crippen LogP contribution in [0.15, 0.2) is 36.4 Å². The van der Waals surface area contributed by atoms with Gasteiger partial charge in [0, 0.05) is 18.2 Å². The van der Waals surface area contributed by atoms with Crippen molar-refractivity contribution in [3.8, 4) is 5.75 Å². The lowest BCUT2D eigenvalue weighted by atomic mass is 10.1. The number of carbonyl (C=O) groups excluding carboxylic acids is 1. The van der Waals surface area contributed by atoms with Crippen LogP contribution in [0.4, 0.5) is 18.9 Å². The van der Waals surface area contributed by atoms with Gasteiger partial charge in [-0.05, 0) is 50.6 Å². The largest absolute Gasteiger partial charge is 0.478 e. The van der Waals surface area contributed by atoms with Gasteiger partial charge in [-0.1, -0.05) is 0 Å². The monoisotopic (exact) mass is 335 g/mol. The summed E-state index contributed by atoms with van der Waals surface area (Å²) >= 11 is 0. The molecule has 0 aliphatic carbocycles. The Hall–Kier alpha value is -2.50. The minimum absolute atomic E-state index is 0.230. The van der Waals surface area contributed by atoms with Gasteiger partial charge >= 0.3 is 0 Å². The Morgan fingerprint density at radius 3 is 2.42 bits per heavy atom. The number of rotatable bonds is 3. The van der Waals surface area contributed by atoms with E-state index in [4.69, 9.17) is 4.74 Å². The standard InChI is InChI=1S/C18H16F3NO2/c1-18(2,24-13-5-3-11(19)4-6-13)17(23)22-8-7-14-15(21)9-12(20)10-16(14)22/h3-6,9-10H,7-8H2,1-2H3. The lowest BCUT2D eigenvalue weighted by Crippen LogP contribution is -2.48. The summed E-state index contributed by atoms with van der Waals surface area (Å²) in [6, 6.07) is 7.26. The molecule has 0 saturated heterocycles. The van der Waals surface area contributed by atoms with E-state index in [1.165, 1.54) is 29.2 Å². The number of ether oxygens (including phenoxy) is 1. The van der Waals surface area contributed by atoms with Crippen LogP contribution < -0.4 is 9.64 Å². The molecule has 126 valence electrons. The number of benzene rings is 2. The summed E-state index contributed by atoms with van der Waals surface area (Å²) in [6.45, 7) is 3.38. The summed E-state index contributed by atoms with van der Waals surface area (Å²) in [5.74, 6) is -1.89. The molecule has 0 radical (unpaired) electrons. The van der Waals surface area contributed by atoms with E-state index in [2.05, 4.69) is 0 Å². The summed E-state index contributed by atoms with van der Waals surface area (Å²) in [4.78, 5) is 14.1. The van der Waals surface area contributed by atoms with Crippen molar-refractivity contribution in [2.45, 2.75) is 25.9 Å². The number of nitrogens with zero attached hydrogens (tertiary/aromatic N) is 1. The van der Waals surface area contributed by atoms with E-state index in [1.54, 1.807) is 13.8 Å². The molecule has 0 atom stereocenters. The Kier molecular flexibility index (Phi) is 3.99. The van der Waals surface area contributed by atoms with Gasteiger partial charge in [0.15, 0.2) is 5.60 Å². The first-order chi connectivity index (χ1) is 11.3. The number of halogens is 3. The van der Waals surface area contributed by atoms with Crippen molar-refractivity contribution in [1.29, 1.82) is 0 Å². The van der Waals surface area contributed by atoms with Gasteiger partial charge in [-0.25, -0.2) is 13.2 Å². The first-order valence-electron chi connectivity index (χ1n) is 7.52. The fourth-order valence-electron chi connectivity index (χ4n) is 2.80. The third-order valence-electron chi connectivity index (χ3n) is 3.96. The summed E-state index contributed by atoms with van der Waals surface area (Å²) in [5.41, 5.74) is -0.724. The first kappa shape index (κ1) is 16.4. The van der Waals surface area contributed by atoms with Crippen molar-refractivity contribution in [1.82, 2.24) is 0 Å². The third-order valence-corrected chi connectivity index (χ3v) is 3.96. The number of amides is 1. The molecule has 0 bridgehead atoms. The molecule has 1 aliphatic rings. The molecule has 6 heteroatoms. The maximum atomic E-state index is 13.8. The molecule has 0 N–H and O–H groups in total. The summed E-state index contributed by atoms with van der Waals surface area (Å²) in [7, 11) is 0. The highest BCUT2D eigenvalue weighted by Gasteiger charge is 2.38. The molecule has 3 rings (SSSR count). The van der Waals surface area contributed by atoms with E-state index in [-0.39, 0.29) is 12.2 Å².